The molecule has 1 heterocycles. The van der Waals surface area contributed by atoms with Crippen LogP contribution in [0.2, 0.25) is 0 Å². The highest BCUT2D eigenvalue weighted by atomic mass is 16.2. The number of amides is 3. The molecule has 2 rings (SSSR count). The van der Waals surface area contributed by atoms with Gasteiger partial charge in [-0.2, -0.15) is 0 Å². The molecule has 26 heavy (non-hydrogen) atoms. The maximum Gasteiger partial charge on any atom is 0.253 e. The summed E-state index contributed by atoms with van der Waals surface area (Å²) in [6, 6.07) is 6.88. The molecule has 1 aliphatic heterocycles. The Kier molecular flexibility index (Phi) is 6.74. The van der Waals surface area contributed by atoms with Crippen molar-refractivity contribution in [1.29, 1.82) is 0 Å². The fraction of sp³-hybridized carbons (Fsp3) is 0.526. The summed E-state index contributed by atoms with van der Waals surface area (Å²) in [5.74, 6) is 0.160. The van der Waals surface area contributed by atoms with Crippen molar-refractivity contribution in [2.75, 3.05) is 52.6 Å². The number of hydrogen-bond donors (Lipinski definition) is 1. The van der Waals surface area contributed by atoms with Crippen LogP contribution in [0.4, 0.5) is 5.69 Å². The van der Waals surface area contributed by atoms with Crippen molar-refractivity contribution in [2.45, 2.75) is 13.3 Å². The van der Waals surface area contributed by atoms with Gasteiger partial charge in [0.15, 0.2) is 0 Å². The molecular weight excluding hydrogens is 332 g/mol. The zero-order chi connectivity index (χ0) is 19.3. The van der Waals surface area contributed by atoms with Gasteiger partial charge in [0.2, 0.25) is 11.8 Å². The molecule has 0 saturated carbocycles. The first-order valence-corrected chi connectivity index (χ1v) is 8.88. The van der Waals surface area contributed by atoms with Crippen molar-refractivity contribution in [3.63, 3.8) is 0 Å². The zero-order valence-electron chi connectivity index (χ0n) is 16.0. The number of nitrogens with one attached hydrogen (secondary N) is 1. The van der Waals surface area contributed by atoms with Crippen LogP contribution in [0, 0.1) is 5.92 Å². The molecule has 0 spiro atoms. The van der Waals surface area contributed by atoms with Crippen LogP contribution >= 0.6 is 0 Å². The minimum atomic E-state index is -0.0995. The highest BCUT2D eigenvalue weighted by Gasteiger charge is 2.30. The second kappa shape index (κ2) is 8.80. The SMILES string of the molecule is CCN1C[C@@H](CN(C)C(=O)c2ccc(NC(=O)CN(C)C)cc2)CC1=O. The molecule has 1 aliphatic rings. The van der Waals surface area contributed by atoms with Crippen LogP contribution in [0.3, 0.4) is 0 Å². The van der Waals surface area contributed by atoms with Gasteiger partial charge < -0.3 is 20.0 Å². The minimum Gasteiger partial charge on any atom is -0.343 e. The normalized spacial score (nSPS) is 16.9. The molecule has 7 nitrogen and oxygen atoms in total. The molecule has 1 atom stereocenters. The van der Waals surface area contributed by atoms with Gasteiger partial charge in [-0.15, -0.1) is 0 Å². The van der Waals surface area contributed by atoms with Gasteiger partial charge in [-0.25, -0.2) is 0 Å². The third kappa shape index (κ3) is 5.29. The Morgan fingerprint density at radius 3 is 2.38 bits per heavy atom. The lowest BCUT2D eigenvalue weighted by atomic mass is 10.1. The molecule has 0 aliphatic carbocycles. The maximum absolute atomic E-state index is 12.6. The predicted octanol–water partition coefficient (Wildman–Crippen LogP) is 1.13. The standard InChI is InChI=1S/C19H28N4O3/c1-5-23-12-14(10-18(23)25)11-22(4)19(26)15-6-8-16(9-7-15)20-17(24)13-21(2)3/h6-9,14H,5,10-13H2,1-4H3,(H,20,24)/t14-/m1/s1. The number of likely N-dealkylation sites (N-methyl/N-ethyl adjacent to an activating group) is 1. The van der Waals surface area contributed by atoms with Crippen molar-refractivity contribution in [1.82, 2.24) is 14.7 Å². The van der Waals surface area contributed by atoms with Gasteiger partial charge in [-0.05, 0) is 45.3 Å². The summed E-state index contributed by atoms with van der Waals surface area (Å²) >= 11 is 0. The first-order valence-electron chi connectivity index (χ1n) is 8.88. The number of carbonyl (C=O) groups is 3. The van der Waals surface area contributed by atoms with E-state index in [0.717, 1.165) is 0 Å². The van der Waals surface area contributed by atoms with Gasteiger partial charge in [0.25, 0.3) is 5.91 Å². The molecular formula is C19H28N4O3. The minimum absolute atomic E-state index is 0.0847. The van der Waals surface area contributed by atoms with E-state index in [4.69, 9.17) is 0 Å². The Morgan fingerprint density at radius 1 is 1.19 bits per heavy atom. The summed E-state index contributed by atoms with van der Waals surface area (Å²) in [6.45, 7) is 4.26. The largest absolute Gasteiger partial charge is 0.343 e. The molecule has 1 saturated heterocycles. The quantitative estimate of drug-likeness (QED) is 0.791. The van der Waals surface area contributed by atoms with E-state index in [9.17, 15) is 14.4 Å². The average Bonchev–Trinajstić information content (AvgIpc) is 2.93. The van der Waals surface area contributed by atoms with Crippen LogP contribution < -0.4 is 5.32 Å². The van der Waals surface area contributed by atoms with Crippen molar-refractivity contribution in [3.8, 4) is 0 Å². The number of carbonyl (C=O) groups excluding carboxylic acids is 3. The van der Waals surface area contributed by atoms with Gasteiger partial charge in [0.05, 0.1) is 6.54 Å². The lowest BCUT2D eigenvalue weighted by Gasteiger charge is -2.21. The Labute approximate surface area is 154 Å². The lowest BCUT2D eigenvalue weighted by molar-refractivity contribution is -0.127. The third-order valence-corrected chi connectivity index (χ3v) is 4.43. The smallest absolute Gasteiger partial charge is 0.253 e. The van der Waals surface area contributed by atoms with Crippen molar-refractivity contribution < 1.29 is 14.4 Å². The molecule has 3 amide bonds. The van der Waals surface area contributed by atoms with Gasteiger partial charge >= 0.3 is 0 Å². The molecule has 1 aromatic carbocycles. The van der Waals surface area contributed by atoms with E-state index >= 15 is 0 Å². The fourth-order valence-electron chi connectivity index (χ4n) is 3.16. The van der Waals surface area contributed by atoms with Crippen molar-refractivity contribution in [2.24, 2.45) is 5.92 Å². The summed E-state index contributed by atoms with van der Waals surface area (Å²) < 4.78 is 0. The second-order valence-corrected chi connectivity index (χ2v) is 7.05. The number of anilines is 1. The zero-order valence-corrected chi connectivity index (χ0v) is 16.0. The molecule has 1 fully saturated rings. The topological polar surface area (TPSA) is 73.0 Å². The summed E-state index contributed by atoms with van der Waals surface area (Å²) in [7, 11) is 5.41. The predicted molar refractivity (Wildman–Crippen MR) is 101 cm³/mol. The van der Waals surface area contributed by atoms with E-state index in [-0.39, 0.29) is 23.6 Å². The first kappa shape index (κ1) is 19.9. The van der Waals surface area contributed by atoms with E-state index in [2.05, 4.69) is 5.32 Å². The Morgan fingerprint density at radius 2 is 1.85 bits per heavy atom. The number of hydrogen-bond acceptors (Lipinski definition) is 4. The summed E-state index contributed by atoms with van der Waals surface area (Å²) in [5.41, 5.74) is 1.23. The van der Waals surface area contributed by atoms with Crippen LogP contribution in [-0.2, 0) is 9.59 Å². The molecule has 142 valence electrons. The average molecular weight is 360 g/mol. The molecule has 0 bridgehead atoms. The molecule has 1 N–H and O–H groups in total. The summed E-state index contributed by atoms with van der Waals surface area (Å²) in [6.07, 6.45) is 0.502. The first-order chi connectivity index (χ1) is 12.3. The molecule has 0 radical (unpaired) electrons. The highest BCUT2D eigenvalue weighted by Crippen LogP contribution is 2.19. The van der Waals surface area contributed by atoms with Gasteiger partial charge in [-0.1, -0.05) is 0 Å². The summed E-state index contributed by atoms with van der Waals surface area (Å²) in [4.78, 5) is 41.4. The maximum atomic E-state index is 12.6. The number of likely N-dealkylation sites (tertiary alicyclic amines) is 1. The van der Waals surface area contributed by atoms with Crippen LogP contribution in [0.1, 0.15) is 23.7 Å². The van der Waals surface area contributed by atoms with Gasteiger partial charge in [-0.3, -0.25) is 14.4 Å². The Hall–Kier alpha value is -2.41. The highest BCUT2D eigenvalue weighted by molar-refractivity contribution is 5.96. The van der Waals surface area contributed by atoms with E-state index in [0.29, 0.717) is 43.9 Å². The number of benzene rings is 1. The van der Waals surface area contributed by atoms with Gasteiger partial charge in [0.1, 0.15) is 0 Å². The van der Waals surface area contributed by atoms with Crippen molar-refractivity contribution >= 4 is 23.4 Å². The van der Waals surface area contributed by atoms with Crippen LogP contribution in [0.5, 0.6) is 0 Å². The van der Waals surface area contributed by atoms with E-state index in [1.165, 1.54) is 0 Å². The number of nitrogens with zero attached hydrogens (tertiary/aromatic N) is 3. The Bertz CT molecular complexity index is 657. The van der Waals surface area contributed by atoms with Crippen molar-refractivity contribution in [3.05, 3.63) is 29.8 Å². The van der Waals surface area contributed by atoms with Crippen LogP contribution in [0.25, 0.3) is 0 Å². The van der Waals surface area contributed by atoms with E-state index < -0.39 is 0 Å². The summed E-state index contributed by atoms with van der Waals surface area (Å²) in [5, 5.41) is 2.80. The fourth-order valence-corrected chi connectivity index (χ4v) is 3.16. The molecule has 1 aromatic rings. The van der Waals surface area contributed by atoms with E-state index in [1.807, 2.05) is 25.9 Å². The lowest BCUT2D eigenvalue weighted by Crippen LogP contribution is -2.33. The van der Waals surface area contributed by atoms with E-state index in [1.54, 1.807) is 41.1 Å². The number of rotatable bonds is 7. The van der Waals surface area contributed by atoms with Gasteiger partial charge in [0, 0.05) is 50.3 Å². The van der Waals surface area contributed by atoms with Crippen LogP contribution in [-0.4, -0.2) is 79.7 Å². The second-order valence-electron chi connectivity index (χ2n) is 7.05. The van der Waals surface area contributed by atoms with Crippen LogP contribution in [0.15, 0.2) is 24.3 Å². The third-order valence-electron chi connectivity index (χ3n) is 4.43. The molecule has 0 aromatic heterocycles. The monoisotopic (exact) mass is 360 g/mol. The molecule has 0 unspecified atom stereocenters. The molecule has 7 heteroatoms. The Balaban J connectivity index is 1.90.